The highest BCUT2D eigenvalue weighted by atomic mass is 19.1. The first-order valence-electron chi connectivity index (χ1n) is 8.99. The van der Waals surface area contributed by atoms with E-state index in [0.29, 0.717) is 12.8 Å². The van der Waals surface area contributed by atoms with Gasteiger partial charge in [-0.25, -0.2) is 13.8 Å². The SMILES string of the molecule is CCCCCCC(F)N(O)[C@@]1(O)[C@H](O)[C@@H](CO)O[C@]1(O)n1ccc(=O)[nH]c1=O. The van der Waals surface area contributed by atoms with Crippen molar-refractivity contribution in [2.24, 2.45) is 0 Å². The van der Waals surface area contributed by atoms with Crippen molar-refractivity contribution in [3.8, 4) is 0 Å². The Morgan fingerprint density at radius 2 is 2.04 bits per heavy atom. The molecule has 28 heavy (non-hydrogen) atoms. The molecule has 2 rings (SSSR count). The van der Waals surface area contributed by atoms with Crippen LogP contribution in [0.25, 0.3) is 0 Å². The number of aliphatic hydroxyl groups excluding tert-OH is 2. The predicted octanol–water partition coefficient (Wildman–Crippen LogP) is -1.46. The molecule has 160 valence electrons. The molecule has 1 saturated heterocycles. The number of hydrogen-bond acceptors (Lipinski definition) is 9. The van der Waals surface area contributed by atoms with E-state index in [1.165, 1.54) is 0 Å². The average Bonchev–Trinajstić information content (AvgIpc) is 2.86. The second kappa shape index (κ2) is 8.78. The molecule has 1 aliphatic heterocycles. The summed E-state index contributed by atoms with van der Waals surface area (Å²) in [6.45, 7) is 1.03. The summed E-state index contributed by atoms with van der Waals surface area (Å²) in [4.78, 5) is 25.1. The lowest BCUT2D eigenvalue weighted by atomic mass is 10.00. The van der Waals surface area contributed by atoms with Gasteiger partial charge in [0.25, 0.3) is 5.56 Å². The fourth-order valence-electron chi connectivity index (χ4n) is 3.20. The predicted molar refractivity (Wildman–Crippen MR) is 91.7 cm³/mol. The van der Waals surface area contributed by atoms with Crippen LogP contribution in [0.15, 0.2) is 21.9 Å². The average molecular weight is 407 g/mol. The van der Waals surface area contributed by atoms with Gasteiger partial charge in [0.05, 0.1) is 6.61 Å². The van der Waals surface area contributed by atoms with E-state index in [9.17, 15) is 39.6 Å². The minimum absolute atomic E-state index is 0.244. The van der Waals surface area contributed by atoms with Crippen molar-refractivity contribution in [3.63, 3.8) is 0 Å². The molecular weight excluding hydrogens is 381 g/mol. The Labute approximate surface area is 159 Å². The zero-order valence-corrected chi connectivity index (χ0v) is 15.4. The molecule has 1 aliphatic rings. The van der Waals surface area contributed by atoms with Gasteiger partial charge in [0, 0.05) is 12.3 Å². The van der Waals surface area contributed by atoms with E-state index >= 15 is 0 Å². The van der Waals surface area contributed by atoms with E-state index in [-0.39, 0.29) is 16.1 Å². The first-order valence-corrected chi connectivity index (χ1v) is 8.99. The molecule has 0 spiro atoms. The summed E-state index contributed by atoms with van der Waals surface area (Å²) in [6.07, 6.45) is -2.89. The van der Waals surface area contributed by atoms with Gasteiger partial charge in [0.15, 0.2) is 6.30 Å². The first-order chi connectivity index (χ1) is 13.1. The fraction of sp³-hybridized carbons (Fsp3) is 0.750. The highest BCUT2D eigenvalue weighted by Crippen LogP contribution is 2.44. The summed E-state index contributed by atoms with van der Waals surface area (Å²) >= 11 is 0. The fourth-order valence-corrected chi connectivity index (χ4v) is 3.20. The second-order valence-corrected chi connectivity index (χ2v) is 6.73. The Morgan fingerprint density at radius 1 is 1.36 bits per heavy atom. The van der Waals surface area contributed by atoms with Crippen LogP contribution in [0.2, 0.25) is 0 Å². The van der Waals surface area contributed by atoms with E-state index in [1.807, 2.05) is 6.92 Å². The van der Waals surface area contributed by atoms with Crippen LogP contribution in [-0.4, -0.2) is 71.1 Å². The van der Waals surface area contributed by atoms with E-state index in [0.717, 1.165) is 25.1 Å². The lowest BCUT2D eigenvalue weighted by molar-refractivity contribution is -0.428. The molecular formula is C16H26FN3O8. The molecule has 12 heteroatoms. The molecule has 0 aliphatic carbocycles. The molecule has 0 amide bonds. The van der Waals surface area contributed by atoms with Crippen LogP contribution in [-0.2, 0) is 10.6 Å². The molecule has 5 atom stereocenters. The lowest BCUT2D eigenvalue weighted by Crippen LogP contribution is -2.69. The summed E-state index contributed by atoms with van der Waals surface area (Å²) in [5.74, 6) is -3.22. The van der Waals surface area contributed by atoms with Crippen molar-refractivity contribution in [2.75, 3.05) is 6.61 Å². The number of aliphatic hydroxyl groups is 4. The molecule has 0 aromatic carbocycles. The number of nitrogens with one attached hydrogen (secondary N) is 1. The summed E-state index contributed by atoms with van der Waals surface area (Å²) in [5, 5.41) is 51.4. The number of nitrogens with zero attached hydrogens (tertiary/aromatic N) is 2. The van der Waals surface area contributed by atoms with Crippen LogP contribution in [0.4, 0.5) is 4.39 Å². The molecule has 0 saturated carbocycles. The number of hydroxylamine groups is 2. The van der Waals surface area contributed by atoms with E-state index in [2.05, 4.69) is 0 Å². The van der Waals surface area contributed by atoms with Crippen molar-refractivity contribution >= 4 is 0 Å². The van der Waals surface area contributed by atoms with E-state index in [1.54, 1.807) is 4.98 Å². The monoisotopic (exact) mass is 407 g/mol. The highest BCUT2D eigenvalue weighted by molar-refractivity contribution is 5.05. The third kappa shape index (κ3) is 3.76. The number of alkyl halides is 1. The summed E-state index contributed by atoms with van der Waals surface area (Å²) in [7, 11) is 0. The molecule has 0 radical (unpaired) electrons. The Morgan fingerprint density at radius 3 is 2.61 bits per heavy atom. The Hall–Kier alpha value is -1.67. The summed E-state index contributed by atoms with van der Waals surface area (Å²) in [5.41, 5.74) is -5.36. The van der Waals surface area contributed by atoms with Crippen LogP contribution in [0.5, 0.6) is 0 Å². The van der Waals surface area contributed by atoms with Gasteiger partial charge in [-0.1, -0.05) is 26.2 Å². The highest BCUT2D eigenvalue weighted by Gasteiger charge is 2.71. The van der Waals surface area contributed by atoms with E-state index in [4.69, 9.17) is 4.74 Å². The zero-order valence-electron chi connectivity index (χ0n) is 15.4. The van der Waals surface area contributed by atoms with E-state index < -0.39 is 48.0 Å². The molecule has 1 aromatic rings. The molecule has 2 heterocycles. The molecule has 11 nitrogen and oxygen atoms in total. The number of hydrogen-bond donors (Lipinski definition) is 6. The van der Waals surface area contributed by atoms with Gasteiger partial charge >= 0.3 is 11.6 Å². The van der Waals surface area contributed by atoms with Gasteiger partial charge in [-0.3, -0.25) is 9.78 Å². The largest absolute Gasteiger partial charge is 0.394 e. The molecule has 1 unspecified atom stereocenters. The number of ether oxygens (including phenoxy) is 1. The van der Waals surface area contributed by atoms with Crippen molar-refractivity contribution in [1.82, 2.24) is 14.6 Å². The topological polar surface area (TPSA) is 168 Å². The number of H-pyrrole nitrogens is 1. The minimum Gasteiger partial charge on any atom is -0.394 e. The maximum Gasteiger partial charge on any atom is 0.332 e. The molecule has 1 aromatic heterocycles. The smallest absolute Gasteiger partial charge is 0.332 e. The minimum atomic E-state index is -3.27. The van der Waals surface area contributed by atoms with Crippen LogP contribution < -0.4 is 11.2 Å². The maximum absolute atomic E-state index is 14.6. The van der Waals surface area contributed by atoms with Crippen molar-refractivity contribution in [1.29, 1.82) is 0 Å². The van der Waals surface area contributed by atoms with Crippen LogP contribution in [0.1, 0.15) is 39.0 Å². The molecule has 6 N–H and O–H groups in total. The van der Waals surface area contributed by atoms with Crippen molar-refractivity contribution in [2.45, 2.75) is 69.2 Å². The van der Waals surface area contributed by atoms with Gasteiger partial charge in [-0.2, -0.15) is 0 Å². The number of aromatic nitrogens is 2. The normalized spacial score (nSPS) is 31.4. The first kappa shape index (κ1) is 22.6. The number of unbranched alkanes of at least 4 members (excludes halogenated alkanes) is 3. The second-order valence-electron chi connectivity index (χ2n) is 6.73. The lowest BCUT2D eigenvalue weighted by Gasteiger charge is -2.43. The van der Waals surface area contributed by atoms with Crippen molar-refractivity contribution < 1.29 is 34.8 Å². The van der Waals surface area contributed by atoms with Crippen LogP contribution in [0.3, 0.4) is 0 Å². The summed E-state index contributed by atoms with van der Waals surface area (Å²) < 4.78 is 19.9. The number of halogens is 1. The van der Waals surface area contributed by atoms with Crippen LogP contribution >= 0.6 is 0 Å². The van der Waals surface area contributed by atoms with Crippen LogP contribution in [0, 0.1) is 0 Å². The van der Waals surface area contributed by atoms with Crippen molar-refractivity contribution in [3.05, 3.63) is 33.1 Å². The third-order valence-corrected chi connectivity index (χ3v) is 4.80. The Balaban J connectivity index is 2.43. The van der Waals surface area contributed by atoms with Gasteiger partial charge in [0.1, 0.15) is 12.2 Å². The quantitative estimate of drug-likeness (QED) is 0.124. The molecule has 1 fully saturated rings. The standard InChI is InChI=1S/C16H26FN3O8/c1-2-3-4-5-6-11(17)20(27)15(25)13(23)10(9-21)28-16(15,26)19-8-7-12(22)18-14(19)24/h7-8,10-11,13,21,23,25-27H,2-6,9H2,1H3,(H,18,22,24)/t10-,11?,13-,15-,16+/m1/s1. The molecule has 0 bridgehead atoms. The summed E-state index contributed by atoms with van der Waals surface area (Å²) in [6, 6.07) is 0.807. The maximum atomic E-state index is 14.6. The Bertz CT molecular complexity index is 773. The number of rotatable bonds is 9. The van der Waals surface area contributed by atoms with Gasteiger partial charge < -0.3 is 30.4 Å². The van der Waals surface area contributed by atoms with Gasteiger partial charge in [0.2, 0.25) is 5.72 Å². The zero-order chi connectivity index (χ0) is 21.1. The third-order valence-electron chi connectivity index (χ3n) is 4.80. The van der Waals surface area contributed by atoms with Gasteiger partial charge in [-0.15, -0.1) is 5.06 Å². The van der Waals surface area contributed by atoms with Gasteiger partial charge in [-0.05, 0) is 12.8 Å². The number of aromatic amines is 1. The Kier molecular flexibility index (Phi) is 7.09.